The van der Waals surface area contributed by atoms with Crippen LogP contribution >= 0.6 is 12.2 Å². The Labute approximate surface area is 208 Å². The minimum Gasteiger partial charge on any atom is -0.464 e. The first-order chi connectivity index (χ1) is 16.1. The van der Waals surface area contributed by atoms with Gasteiger partial charge in [-0.05, 0) is 81.7 Å². The topological polar surface area (TPSA) is 99.8 Å². The van der Waals surface area contributed by atoms with Crippen molar-refractivity contribution < 1.29 is 17.9 Å². The molecule has 0 aliphatic heterocycles. The van der Waals surface area contributed by atoms with Crippen LogP contribution in [0, 0.1) is 6.92 Å². The number of benzene rings is 2. The van der Waals surface area contributed by atoms with Crippen LogP contribution in [0.25, 0.3) is 0 Å². The van der Waals surface area contributed by atoms with Gasteiger partial charge in [0.25, 0.3) is 0 Å². The number of ether oxygens (including phenoxy) is 1. The highest BCUT2D eigenvalue weighted by molar-refractivity contribution is 7.89. The predicted molar refractivity (Wildman–Crippen MR) is 141 cm³/mol. The normalized spacial score (nSPS) is 12.0. The Morgan fingerprint density at radius 2 is 1.71 bits per heavy atom. The molecule has 3 N–H and O–H groups in total. The number of hydrogen-bond donors (Lipinski definition) is 3. The maximum Gasteiger partial charge on any atom is 0.328 e. The number of nitrogens with zero attached hydrogens (tertiary/aromatic N) is 1. The average Bonchev–Trinajstić information content (AvgIpc) is 2.78. The summed E-state index contributed by atoms with van der Waals surface area (Å²) in [5.41, 5.74) is 2.86. The second-order valence-corrected chi connectivity index (χ2v) is 10.2. The monoisotopic (exact) mass is 506 g/mol. The lowest BCUT2D eigenvalue weighted by atomic mass is 10.1. The number of sulfonamides is 1. The maximum absolute atomic E-state index is 12.4. The van der Waals surface area contributed by atoms with Gasteiger partial charge in [0.15, 0.2) is 5.11 Å². The van der Waals surface area contributed by atoms with Gasteiger partial charge in [-0.25, -0.2) is 17.9 Å². The quantitative estimate of drug-likeness (QED) is 0.229. The van der Waals surface area contributed by atoms with E-state index >= 15 is 0 Å². The van der Waals surface area contributed by atoms with Gasteiger partial charge < -0.3 is 20.3 Å². The van der Waals surface area contributed by atoms with E-state index in [0.717, 1.165) is 16.9 Å². The summed E-state index contributed by atoms with van der Waals surface area (Å²) in [4.78, 5) is 14.6. The van der Waals surface area contributed by atoms with Crippen LogP contribution in [0.15, 0.2) is 53.4 Å². The number of aryl methyl sites for hydroxylation is 1. The number of thiocarbonyl (C=S) groups is 1. The molecule has 2 aromatic rings. The molecular weight excluding hydrogens is 472 g/mol. The van der Waals surface area contributed by atoms with E-state index in [1.807, 2.05) is 50.2 Å². The molecule has 0 radical (unpaired) electrons. The highest BCUT2D eigenvalue weighted by Gasteiger charge is 2.21. The predicted octanol–water partition coefficient (Wildman–Crippen LogP) is 3.43. The molecule has 1 atom stereocenters. The molecule has 1 unspecified atom stereocenters. The van der Waals surface area contributed by atoms with E-state index in [4.69, 9.17) is 17.0 Å². The number of nitrogens with one attached hydrogen (secondary N) is 3. The van der Waals surface area contributed by atoms with Gasteiger partial charge in [-0.1, -0.05) is 17.7 Å². The summed E-state index contributed by atoms with van der Waals surface area (Å²) in [5, 5.41) is 6.42. The second kappa shape index (κ2) is 13.3. The molecule has 8 nitrogen and oxygen atoms in total. The third kappa shape index (κ3) is 8.92. The summed E-state index contributed by atoms with van der Waals surface area (Å²) in [5.74, 6) is -0.394. The zero-order valence-corrected chi connectivity index (χ0v) is 21.8. The Balaban J connectivity index is 1.85. The number of carbonyl (C=O) groups excluding carboxylic acids is 1. The molecule has 0 aliphatic carbocycles. The molecular formula is C24H34N4O4S2. The molecule has 34 heavy (non-hydrogen) atoms. The SMILES string of the molecule is CCOC(=O)C(CCCCNS(=O)(=O)c1ccc(C)cc1)NC(=S)Nc1ccc(N(C)C)cc1. The maximum atomic E-state index is 12.4. The summed E-state index contributed by atoms with van der Waals surface area (Å²) >= 11 is 5.38. The van der Waals surface area contributed by atoms with E-state index in [9.17, 15) is 13.2 Å². The minimum absolute atomic E-state index is 0.235. The van der Waals surface area contributed by atoms with Crippen LogP contribution in [0.5, 0.6) is 0 Å². The van der Waals surface area contributed by atoms with Gasteiger partial charge in [-0.15, -0.1) is 0 Å². The first kappa shape index (κ1) is 27.6. The van der Waals surface area contributed by atoms with Crippen molar-refractivity contribution >= 4 is 44.7 Å². The fourth-order valence-electron chi connectivity index (χ4n) is 3.14. The molecule has 0 fully saturated rings. The van der Waals surface area contributed by atoms with Gasteiger partial charge in [0, 0.05) is 32.0 Å². The molecule has 186 valence electrons. The van der Waals surface area contributed by atoms with E-state index in [1.165, 1.54) is 0 Å². The highest BCUT2D eigenvalue weighted by atomic mass is 32.2. The van der Waals surface area contributed by atoms with E-state index < -0.39 is 22.0 Å². The third-order valence-electron chi connectivity index (χ3n) is 5.06. The first-order valence-electron chi connectivity index (χ1n) is 11.2. The van der Waals surface area contributed by atoms with Crippen LogP contribution in [0.2, 0.25) is 0 Å². The number of rotatable bonds is 12. The molecule has 2 aromatic carbocycles. The molecule has 0 aromatic heterocycles. The number of hydrogen-bond acceptors (Lipinski definition) is 6. The van der Waals surface area contributed by atoms with Crippen molar-refractivity contribution in [1.29, 1.82) is 0 Å². The molecule has 0 spiro atoms. The summed E-state index contributed by atoms with van der Waals surface area (Å²) in [7, 11) is 0.373. The lowest BCUT2D eigenvalue weighted by Crippen LogP contribution is -2.43. The van der Waals surface area contributed by atoms with Crippen LogP contribution in [-0.4, -0.2) is 52.8 Å². The zero-order valence-electron chi connectivity index (χ0n) is 20.1. The fourth-order valence-corrected chi connectivity index (χ4v) is 4.48. The van der Waals surface area contributed by atoms with Crippen LogP contribution < -0.4 is 20.3 Å². The van der Waals surface area contributed by atoms with E-state index in [-0.39, 0.29) is 18.0 Å². The van der Waals surface area contributed by atoms with Crippen molar-refractivity contribution in [2.45, 2.75) is 44.0 Å². The summed E-state index contributed by atoms with van der Waals surface area (Å²) in [6.07, 6.45) is 1.62. The van der Waals surface area contributed by atoms with Gasteiger partial charge in [0.1, 0.15) is 6.04 Å². The second-order valence-electron chi connectivity index (χ2n) is 8.05. The van der Waals surface area contributed by atoms with Gasteiger partial charge >= 0.3 is 5.97 Å². The third-order valence-corrected chi connectivity index (χ3v) is 6.76. The van der Waals surface area contributed by atoms with Gasteiger partial charge in [0.2, 0.25) is 10.0 Å². The summed E-state index contributed by atoms with van der Waals surface area (Å²) in [6.45, 7) is 4.18. The van der Waals surface area contributed by atoms with Crippen molar-refractivity contribution in [3.8, 4) is 0 Å². The number of carbonyl (C=O) groups is 1. The van der Waals surface area contributed by atoms with Crippen molar-refractivity contribution in [2.75, 3.05) is 37.5 Å². The van der Waals surface area contributed by atoms with Gasteiger partial charge in [-0.2, -0.15) is 0 Å². The molecule has 2 rings (SSSR count). The van der Waals surface area contributed by atoms with E-state index in [1.54, 1.807) is 31.2 Å². The Morgan fingerprint density at radius 1 is 1.06 bits per heavy atom. The number of anilines is 2. The Bertz CT molecular complexity index is 1040. The fraction of sp³-hybridized carbons (Fsp3) is 0.417. The molecule has 0 heterocycles. The van der Waals surface area contributed by atoms with Crippen molar-refractivity contribution in [1.82, 2.24) is 10.0 Å². The Kier molecular flexibility index (Phi) is 10.7. The van der Waals surface area contributed by atoms with Gasteiger partial charge in [-0.3, -0.25) is 0 Å². The molecule has 0 saturated heterocycles. The molecule has 0 bridgehead atoms. The van der Waals surface area contributed by atoms with Crippen LogP contribution in [0.3, 0.4) is 0 Å². The molecule has 0 aliphatic rings. The minimum atomic E-state index is -3.56. The van der Waals surface area contributed by atoms with Crippen molar-refractivity contribution in [3.63, 3.8) is 0 Å². The summed E-state index contributed by atoms with van der Waals surface area (Å²) < 4.78 is 32.5. The summed E-state index contributed by atoms with van der Waals surface area (Å²) in [6, 6.07) is 13.8. The van der Waals surface area contributed by atoms with Crippen LogP contribution in [0.4, 0.5) is 11.4 Å². The molecule has 10 heteroatoms. The number of unbranched alkanes of at least 4 members (excludes halogenated alkanes) is 1. The Morgan fingerprint density at radius 3 is 2.29 bits per heavy atom. The standard InChI is InChI=1S/C24H34N4O4S2/c1-5-32-23(29)22(27-24(33)26-19-11-13-20(14-12-19)28(3)4)8-6-7-17-25-34(30,31)21-15-9-18(2)10-16-21/h9-16,22,25H,5-8,17H2,1-4H3,(H2,26,27,33). The van der Waals surface area contributed by atoms with E-state index in [0.29, 0.717) is 24.4 Å². The van der Waals surface area contributed by atoms with Crippen LogP contribution in [-0.2, 0) is 19.6 Å². The highest BCUT2D eigenvalue weighted by Crippen LogP contribution is 2.16. The van der Waals surface area contributed by atoms with E-state index in [2.05, 4.69) is 15.4 Å². The van der Waals surface area contributed by atoms with Crippen molar-refractivity contribution in [2.24, 2.45) is 0 Å². The first-order valence-corrected chi connectivity index (χ1v) is 13.1. The Hall–Kier alpha value is -2.69. The zero-order chi connectivity index (χ0) is 25.1. The van der Waals surface area contributed by atoms with Crippen LogP contribution in [0.1, 0.15) is 31.7 Å². The molecule has 0 amide bonds. The molecule has 0 saturated carbocycles. The average molecular weight is 507 g/mol. The smallest absolute Gasteiger partial charge is 0.328 e. The van der Waals surface area contributed by atoms with Gasteiger partial charge in [0.05, 0.1) is 11.5 Å². The lowest BCUT2D eigenvalue weighted by Gasteiger charge is -2.20. The number of esters is 1. The lowest BCUT2D eigenvalue weighted by molar-refractivity contribution is -0.145. The van der Waals surface area contributed by atoms with Crippen molar-refractivity contribution in [3.05, 3.63) is 54.1 Å². The largest absolute Gasteiger partial charge is 0.464 e.